The van der Waals surface area contributed by atoms with E-state index in [2.05, 4.69) is 24.8 Å². The summed E-state index contributed by atoms with van der Waals surface area (Å²) in [7, 11) is -0.412. The van der Waals surface area contributed by atoms with E-state index in [9.17, 15) is 0 Å². The lowest BCUT2D eigenvalue weighted by Gasteiger charge is -2.23. The molecule has 0 bridgehead atoms. The van der Waals surface area contributed by atoms with Gasteiger partial charge in [0.05, 0.1) is 4.34 Å². The molecule has 0 aliphatic heterocycles. The van der Waals surface area contributed by atoms with Crippen LogP contribution in [0.4, 0.5) is 0 Å². The van der Waals surface area contributed by atoms with E-state index >= 15 is 0 Å². The van der Waals surface area contributed by atoms with Crippen LogP contribution in [0.3, 0.4) is 0 Å². The molecule has 1 aromatic rings. The maximum atomic E-state index is 5.82. The fourth-order valence-electron chi connectivity index (χ4n) is 0.856. The van der Waals surface area contributed by atoms with E-state index in [0.717, 1.165) is 4.34 Å². The Hall–Kier alpha value is 0.340. The highest BCUT2D eigenvalue weighted by Crippen LogP contribution is 2.41. The molecular formula is C8H13ClS2. The number of hydrogen-bond donors (Lipinski definition) is 0. The predicted molar refractivity (Wildman–Crippen MR) is 58.4 cm³/mol. The molecular weight excluding hydrogens is 196 g/mol. The van der Waals surface area contributed by atoms with E-state index < -0.39 is 10.0 Å². The van der Waals surface area contributed by atoms with Crippen LogP contribution in [0, 0.1) is 0 Å². The zero-order valence-electron chi connectivity index (χ0n) is 7.06. The molecule has 0 amide bonds. The summed E-state index contributed by atoms with van der Waals surface area (Å²) in [6.07, 6.45) is 6.96. The lowest BCUT2D eigenvalue weighted by atomic mass is 10.5. The average molecular weight is 209 g/mol. The van der Waals surface area contributed by atoms with Crippen LogP contribution in [0.5, 0.6) is 0 Å². The van der Waals surface area contributed by atoms with Gasteiger partial charge in [-0.05, 0) is 30.9 Å². The zero-order valence-corrected chi connectivity index (χ0v) is 9.45. The first-order chi connectivity index (χ1) is 4.97. The van der Waals surface area contributed by atoms with Crippen molar-refractivity contribution in [3.63, 3.8) is 0 Å². The SMILES string of the molecule is CS(C)(C)Cc1ccc(Cl)s1. The van der Waals surface area contributed by atoms with Crippen LogP contribution in [0.15, 0.2) is 12.1 Å². The van der Waals surface area contributed by atoms with Gasteiger partial charge in [-0.25, -0.2) is 10.0 Å². The van der Waals surface area contributed by atoms with Gasteiger partial charge in [-0.2, -0.15) is 0 Å². The molecule has 64 valence electrons. The third-order valence-electron chi connectivity index (χ3n) is 1.20. The zero-order chi connectivity index (χ0) is 8.48. The van der Waals surface area contributed by atoms with Crippen LogP contribution in [-0.2, 0) is 5.75 Å². The topological polar surface area (TPSA) is 0 Å². The van der Waals surface area contributed by atoms with E-state index in [1.54, 1.807) is 11.3 Å². The smallest absolute Gasteiger partial charge is 0.0931 e. The van der Waals surface area contributed by atoms with Gasteiger partial charge in [-0.3, -0.25) is 0 Å². The molecule has 0 aliphatic carbocycles. The van der Waals surface area contributed by atoms with Crippen LogP contribution >= 0.6 is 33.0 Å². The summed E-state index contributed by atoms with van der Waals surface area (Å²) in [5, 5.41) is 0. The lowest BCUT2D eigenvalue weighted by Crippen LogP contribution is -1.93. The first-order valence-corrected chi connectivity index (χ1v) is 7.60. The quantitative estimate of drug-likeness (QED) is 0.697. The van der Waals surface area contributed by atoms with Crippen molar-refractivity contribution < 1.29 is 0 Å². The first kappa shape index (κ1) is 9.43. The molecule has 0 saturated carbocycles. The predicted octanol–water partition coefficient (Wildman–Crippen LogP) is 3.60. The van der Waals surface area contributed by atoms with E-state index in [-0.39, 0.29) is 0 Å². The number of thiophene rings is 1. The van der Waals surface area contributed by atoms with E-state index in [1.807, 2.05) is 6.07 Å². The third kappa shape index (κ3) is 3.50. The van der Waals surface area contributed by atoms with Gasteiger partial charge in [0.2, 0.25) is 0 Å². The maximum absolute atomic E-state index is 5.82. The average Bonchev–Trinajstić information content (AvgIpc) is 2.10. The highest BCUT2D eigenvalue weighted by molar-refractivity contribution is 8.31. The molecule has 0 aliphatic rings. The van der Waals surface area contributed by atoms with Crippen molar-refractivity contribution in [2.75, 3.05) is 18.8 Å². The molecule has 1 aromatic heterocycles. The van der Waals surface area contributed by atoms with E-state index in [1.165, 1.54) is 10.6 Å². The van der Waals surface area contributed by atoms with Gasteiger partial charge in [0.25, 0.3) is 0 Å². The van der Waals surface area contributed by atoms with Crippen LogP contribution in [0.25, 0.3) is 0 Å². The molecule has 1 heterocycles. The minimum atomic E-state index is -0.412. The van der Waals surface area contributed by atoms with E-state index in [4.69, 9.17) is 11.6 Å². The van der Waals surface area contributed by atoms with Gasteiger partial charge >= 0.3 is 0 Å². The highest BCUT2D eigenvalue weighted by Gasteiger charge is 2.06. The van der Waals surface area contributed by atoms with E-state index in [0.29, 0.717) is 0 Å². The Morgan fingerprint density at radius 3 is 2.36 bits per heavy atom. The summed E-state index contributed by atoms with van der Waals surface area (Å²) in [5.74, 6) is 1.20. The molecule has 0 nitrogen and oxygen atoms in total. The minimum Gasteiger partial charge on any atom is -0.245 e. The Bertz CT molecular complexity index is 234. The minimum absolute atomic E-state index is 0.412. The first-order valence-electron chi connectivity index (χ1n) is 3.37. The molecule has 0 spiro atoms. The van der Waals surface area contributed by atoms with Crippen molar-refractivity contribution in [3.05, 3.63) is 21.3 Å². The molecule has 0 N–H and O–H groups in total. The Labute approximate surface area is 78.9 Å². The standard InChI is InChI=1S/C8H13ClS2/c1-11(2,3)6-7-4-5-8(9)10-7/h4-5H,6H2,1-3H3. The Kier molecular flexibility index (Phi) is 2.90. The number of halogens is 1. The highest BCUT2D eigenvalue weighted by atomic mass is 35.5. The lowest BCUT2D eigenvalue weighted by molar-refractivity contribution is 1.51. The molecule has 0 fully saturated rings. The molecule has 0 unspecified atom stereocenters. The van der Waals surface area contributed by atoms with Crippen molar-refractivity contribution in [2.24, 2.45) is 0 Å². The fourth-order valence-corrected chi connectivity index (χ4v) is 3.99. The van der Waals surface area contributed by atoms with Gasteiger partial charge < -0.3 is 0 Å². The summed E-state index contributed by atoms with van der Waals surface area (Å²) in [4.78, 5) is 1.41. The van der Waals surface area contributed by atoms with Crippen LogP contribution in [0.2, 0.25) is 4.34 Å². The van der Waals surface area contributed by atoms with Crippen LogP contribution in [0.1, 0.15) is 4.88 Å². The summed E-state index contributed by atoms with van der Waals surface area (Å²) in [6, 6.07) is 4.11. The molecule has 0 radical (unpaired) electrons. The summed E-state index contributed by atoms with van der Waals surface area (Å²) < 4.78 is 0.906. The summed E-state index contributed by atoms with van der Waals surface area (Å²) in [6.45, 7) is 0. The number of hydrogen-bond acceptors (Lipinski definition) is 1. The Balaban J connectivity index is 2.65. The normalized spacial score (nSPS) is 13.5. The van der Waals surface area contributed by atoms with Crippen molar-refractivity contribution in [2.45, 2.75) is 5.75 Å². The van der Waals surface area contributed by atoms with Crippen molar-refractivity contribution in [1.29, 1.82) is 0 Å². The second-order valence-corrected chi connectivity index (χ2v) is 9.71. The second-order valence-electron chi connectivity index (χ2n) is 3.44. The monoisotopic (exact) mass is 208 g/mol. The van der Waals surface area contributed by atoms with Gasteiger partial charge in [0.1, 0.15) is 0 Å². The summed E-state index contributed by atoms with van der Waals surface area (Å²) >= 11 is 7.52. The molecule has 3 heteroatoms. The van der Waals surface area contributed by atoms with Crippen LogP contribution in [-0.4, -0.2) is 18.8 Å². The Morgan fingerprint density at radius 2 is 2.00 bits per heavy atom. The maximum Gasteiger partial charge on any atom is 0.0931 e. The molecule has 1 rings (SSSR count). The van der Waals surface area contributed by atoms with Gasteiger partial charge in [0.15, 0.2) is 0 Å². The van der Waals surface area contributed by atoms with Crippen LogP contribution < -0.4 is 0 Å². The molecule has 0 saturated heterocycles. The van der Waals surface area contributed by atoms with Gasteiger partial charge in [-0.15, -0.1) is 11.3 Å². The summed E-state index contributed by atoms with van der Waals surface area (Å²) in [5.41, 5.74) is 0. The second kappa shape index (κ2) is 3.38. The van der Waals surface area contributed by atoms with Crippen molar-refractivity contribution in [1.82, 2.24) is 0 Å². The fraction of sp³-hybridized carbons (Fsp3) is 0.500. The molecule has 0 atom stereocenters. The number of rotatable bonds is 2. The Morgan fingerprint density at radius 1 is 1.36 bits per heavy atom. The van der Waals surface area contributed by atoms with Crippen molar-refractivity contribution in [3.8, 4) is 0 Å². The van der Waals surface area contributed by atoms with Gasteiger partial charge in [-0.1, -0.05) is 11.6 Å². The van der Waals surface area contributed by atoms with Gasteiger partial charge in [0, 0.05) is 10.6 Å². The third-order valence-corrected chi connectivity index (χ3v) is 3.80. The van der Waals surface area contributed by atoms with Crippen molar-refractivity contribution >= 4 is 33.0 Å². The molecule has 11 heavy (non-hydrogen) atoms. The molecule has 0 aromatic carbocycles. The largest absolute Gasteiger partial charge is 0.245 e.